The number of nitrogens with one attached hydrogen (secondary N) is 2. The molecule has 25 heavy (non-hydrogen) atoms. The van der Waals surface area contributed by atoms with Gasteiger partial charge in [0, 0.05) is 16.3 Å². The lowest BCUT2D eigenvalue weighted by molar-refractivity contribution is 0.0940. The molecule has 0 saturated carbocycles. The molecule has 0 aliphatic rings. The summed E-state index contributed by atoms with van der Waals surface area (Å²) in [5.41, 5.74) is 2.71. The van der Waals surface area contributed by atoms with Crippen LogP contribution in [0.4, 0.5) is 0 Å². The Hall–Kier alpha value is -2.31. The number of carbonyl (C=O) groups excluding carboxylic acids is 1. The highest BCUT2D eigenvalue weighted by atomic mass is 35.5. The maximum absolute atomic E-state index is 12.4. The van der Waals surface area contributed by atoms with Crippen LogP contribution in [0.5, 0.6) is 0 Å². The van der Waals surface area contributed by atoms with E-state index in [1.165, 1.54) is 6.33 Å². The number of amides is 1. The third-order valence-electron chi connectivity index (χ3n) is 3.68. The summed E-state index contributed by atoms with van der Waals surface area (Å²) in [6.45, 7) is 1.94. The number of aromatic amines is 1. The van der Waals surface area contributed by atoms with Crippen molar-refractivity contribution in [1.82, 2.24) is 20.5 Å². The standard InChI is InChI=1S/C18H17ClN4OS/c1-12(15-3-2-4-16(19)9-15)22-17(24)14-7-5-13(6-8-14)10-25-18-20-11-21-23-18/h2-9,11-12H,10H2,1H3,(H,22,24)(H,20,21,23). The van der Waals surface area contributed by atoms with E-state index >= 15 is 0 Å². The van der Waals surface area contributed by atoms with Crippen LogP contribution >= 0.6 is 23.4 Å². The van der Waals surface area contributed by atoms with Crippen molar-refractivity contribution in [1.29, 1.82) is 0 Å². The van der Waals surface area contributed by atoms with Crippen molar-refractivity contribution in [3.63, 3.8) is 0 Å². The third-order valence-corrected chi connectivity index (χ3v) is 4.86. The fourth-order valence-electron chi connectivity index (χ4n) is 2.31. The SMILES string of the molecule is CC(NC(=O)c1ccc(CSc2ncn[nH]2)cc1)c1cccc(Cl)c1. The Bertz CT molecular complexity index is 837. The Kier molecular flexibility index (Phi) is 5.73. The second-order valence-corrected chi connectivity index (χ2v) is 6.93. The number of hydrogen-bond donors (Lipinski definition) is 2. The van der Waals surface area contributed by atoms with Crippen LogP contribution in [0.2, 0.25) is 5.02 Å². The van der Waals surface area contributed by atoms with Crippen LogP contribution in [0, 0.1) is 0 Å². The number of rotatable bonds is 6. The molecule has 0 aliphatic carbocycles. The van der Waals surface area contributed by atoms with Gasteiger partial charge in [-0.3, -0.25) is 9.89 Å². The molecule has 0 saturated heterocycles. The molecule has 3 aromatic rings. The summed E-state index contributed by atoms with van der Waals surface area (Å²) >= 11 is 7.56. The molecule has 3 rings (SSSR count). The van der Waals surface area contributed by atoms with Crippen LogP contribution in [0.25, 0.3) is 0 Å². The molecular weight excluding hydrogens is 356 g/mol. The summed E-state index contributed by atoms with van der Waals surface area (Å²) in [6.07, 6.45) is 1.48. The predicted molar refractivity (Wildman–Crippen MR) is 99.7 cm³/mol. The molecule has 5 nitrogen and oxygen atoms in total. The topological polar surface area (TPSA) is 70.7 Å². The molecule has 1 unspecified atom stereocenters. The largest absolute Gasteiger partial charge is 0.346 e. The predicted octanol–water partition coefficient (Wildman–Crippen LogP) is 4.24. The van der Waals surface area contributed by atoms with Crippen molar-refractivity contribution < 1.29 is 4.79 Å². The van der Waals surface area contributed by atoms with Gasteiger partial charge in [-0.2, -0.15) is 5.10 Å². The number of halogens is 1. The first-order valence-electron chi connectivity index (χ1n) is 7.75. The van der Waals surface area contributed by atoms with E-state index in [1.54, 1.807) is 11.8 Å². The molecule has 0 radical (unpaired) electrons. The third kappa shape index (κ3) is 4.84. The number of thioether (sulfide) groups is 1. The minimum Gasteiger partial charge on any atom is -0.346 e. The summed E-state index contributed by atoms with van der Waals surface area (Å²) in [5.74, 6) is 0.651. The summed E-state index contributed by atoms with van der Waals surface area (Å²) in [7, 11) is 0. The van der Waals surface area contributed by atoms with Crippen LogP contribution in [0.15, 0.2) is 60.0 Å². The first kappa shape index (κ1) is 17.5. The van der Waals surface area contributed by atoms with E-state index in [0.717, 1.165) is 22.0 Å². The highest BCUT2D eigenvalue weighted by Gasteiger charge is 2.12. The number of hydrogen-bond acceptors (Lipinski definition) is 4. The summed E-state index contributed by atoms with van der Waals surface area (Å²) in [6, 6.07) is 14.9. The van der Waals surface area contributed by atoms with Gasteiger partial charge in [0.1, 0.15) is 6.33 Å². The van der Waals surface area contributed by atoms with E-state index in [2.05, 4.69) is 20.5 Å². The van der Waals surface area contributed by atoms with E-state index in [0.29, 0.717) is 10.6 Å². The normalized spacial score (nSPS) is 11.9. The average Bonchev–Trinajstić information content (AvgIpc) is 3.14. The van der Waals surface area contributed by atoms with Crippen LogP contribution in [0.1, 0.15) is 34.5 Å². The van der Waals surface area contributed by atoms with Crippen LogP contribution in [-0.2, 0) is 5.75 Å². The van der Waals surface area contributed by atoms with Gasteiger partial charge in [0.05, 0.1) is 6.04 Å². The minimum absolute atomic E-state index is 0.109. The molecule has 1 heterocycles. The number of carbonyl (C=O) groups is 1. The zero-order valence-electron chi connectivity index (χ0n) is 13.6. The van der Waals surface area contributed by atoms with Crippen molar-refractivity contribution in [3.05, 3.63) is 76.6 Å². The molecule has 0 spiro atoms. The maximum atomic E-state index is 12.4. The zero-order chi connectivity index (χ0) is 17.6. The van der Waals surface area contributed by atoms with Crippen molar-refractivity contribution in [3.8, 4) is 0 Å². The van der Waals surface area contributed by atoms with Crippen LogP contribution < -0.4 is 5.32 Å². The molecule has 0 aliphatic heterocycles. The Balaban J connectivity index is 1.58. The molecule has 2 aromatic carbocycles. The first-order valence-corrected chi connectivity index (χ1v) is 9.11. The second-order valence-electron chi connectivity index (χ2n) is 5.53. The van der Waals surface area contributed by atoms with Gasteiger partial charge in [-0.25, -0.2) is 4.98 Å². The zero-order valence-corrected chi connectivity index (χ0v) is 15.1. The molecule has 1 atom stereocenters. The van der Waals surface area contributed by atoms with Crippen LogP contribution in [-0.4, -0.2) is 21.1 Å². The van der Waals surface area contributed by atoms with Gasteiger partial charge in [-0.05, 0) is 42.3 Å². The molecule has 7 heteroatoms. The van der Waals surface area contributed by atoms with Gasteiger partial charge in [-0.1, -0.05) is 47.6 Å². The molecule has 1 amide bonds. The number of nitrogens with zero attached hydrogens (tertiary/aromatic N) is 2. The maximum Gasteiger partial charge on any atom is 0.251 e. The minimum atomic E-state index is -0.118. The highest BCUT2D eigenvalue weighted by molar-refractivity contribution is 7.98. The Labute approximate surface area is 155 Å². The molecule has 0 bridgehead atoms. The van der Waals surface area contributed by atoms with E-state index in [1.807, 2.05) is 55.5 Å². The quantitative estimate of drug-likeness (QED) is 0.635. The van der Waals surface area contributed by atoms with Crippen molar-refractivity contribution in [2.75, 3.05) is 0 Å². The van der Waals surface area contributed by atoms with Crippen molar-refractivity contribution >= 4 is 29.3 Å². The van der Waals surface area contributed by atoms with E-state index in [-0.39, 0.29) is 11.9 Å². The summed E-state index contributed by atoms with van der Waals surface area (Å²) < 4.78 is 0. The number of aromatic nitrogens is 3. The van der Waals surface area contributed by atoms with E-state index < -0.39 is 0 Å². The molecule has 1 aromatic heterocycles. The molecule has 2 N–H and O–H groups in total. The monoisotopic (exact) mass is 372 g/mol. The molecular formula is C18H17ClN4OS. The summed E-state index contributed by atoms with van der Waals surface area (Å²) in [5, 5.41) is 11.0. The van der Waals surface area contributed by atoms with E-state index in [9.17, 15) is 4.79 Å². The fraction of sp³-hybridized carbons (Fsp3) is 0.167. The number of H-pyrrole nitrogens is 1. The lowest BCUT2D eigenvalue weighted by atomic mass is 10.1. The first-order chi connectivity index (χ1) is 12.1. The number of benzene rings is 2. The van der Waals surface area contributed by atoms with Crippen LogP contribution in [0.3, 0.4) is 0 Å². The smallest absolute Gasteiger partial charge is 0.251 e. The van der Waals surface area contributed by atoms with E-state index in [4.69, 9.17) is 11.6 Å². The lowest BCUT2D eigenvalue weighted by Gasteiger charge is -2.15. The van der Waals surface area contributed by atoms with Gasteiger partial charge in [0.15, 0.2) is 5.16 Å². The fourth-order valence-corrected chi connectivity index (χ4v) is 3.24. The Morgan fingerprint density at radius 3 is 2.76 bits per heavy atom. The second kappa shape index (κ2) is 8.18. The van der Waals surface area contributed by atoms with Gasteiger partial charge in [0.25, 0.3) is 5.91 Å². The average molecular weight is 373 g/mol. The van der Waals surface area contributed by atoms with Gasteiger partial charge < -0.3 is 5.32 Å². The van der Waals surface area contributed by atoms with Crippen molar-refractivity contribution in [2.24, 2.45) is 0 Å². The molecule has 128 valence electrons. The van der Waals surface area contributed by atoms with Crippen molar-refractivity contribution in [2.45, 2.75) is 23.9 Å². The Morgan fingerprint density at radius 2 is 2.08 bits per heavy atom. The summed E-state index contributed by atoms with van der Waals surface area (Å²) in [4.78, 5) is 16.5. The van der Waals surface area contributed by atoms with Gasteiger partial charge in [-0.15, -0.1) is 0 Å². The van der Waals surface area contributed by atoms with Gasteiger partial charge in [0.2, 0.25) is 0 Å². The molecule has 0 fully saturated rings. The van der Waals surface area contributed by atoms with Gasteiger partial charge >= 0.3 is 0 Å². The highest BCUT2D eigenvalue weighted by Crippen LogP contribution is 2.20. The Morgan fingerprint density at radius 1 is 1.28 bits per heavy atom. The lowest BCUT2D eigenvalue weighted by Crippen LogP contribution is -2.26.